The maximum Gasteiger partial charge on any atom is 0.416 e. The van der Waals surface area contributed by atoms with E-state index in [0.717, 1.165) is 28.9 Å². The van der Waals surface area contributed by atoms with E-state index >= 15 is 0 Å². The zero-order valence-corrected chi connectivity index (χ0v) is 11.3. The van der Waals surface area contributed by atoms with Crippen molar-refractivity contribution in [2.45, 2.75) is 26.1 Å². The second kappa shape index (κ2) is 5.19. The van der Waals surface area contributed by atoms with Gasteiger partial charge in [0.05, 0.1) is 11.3 Å². The first kappa shape index (κ1) is 15.0. The molecule has 0 aliphatic carbocycles. The third-order valence-electron chi connectivity index (χ3n) is 2.90. The number of carbonyl (C=O) groups is 1. The molecule has 8 heteroatoms. The Morgan fingerprint density at radius 3 is 2.14 bits per heavy atom. The van der Waals surface area contributed by atoms with E-state index in [2.05, 4.69) is 5.10 Å². The minimum atomic E-state index is -4.45. The summed E-state index contributed by atoms with van der Waals surface area (Å²) in [6.07, 6.45) is -4.02. The fourth-order valence-corrected chi connectivity index (χ4v) is 1.92. The lowest BCUT2D eigenvalue weighted by Crippen LogP contribution is -2.25. The number of aldehydes is 1. The van der Waals surface area contributed by atoms with Gasteiger partial charge in [0.2, 0.25) is 0 Å². The average molecular weight is 299 g/mol. The first-order chi connectivity index (χ1) is 9.75. The molecule has 2 aromatic rings. The van der Waals surface area contributed by atoms with Gasteiger partial charge in [0, 0.05) is 6.04 Å². The van der Waals surface area contributed by atoms with Crippen molar-refractivity contribution in [2.75, 3.05) is 0 Å². The van der Waals surface area contributed by atoms with Gasteiger partial charge in [0.15, 0.2) is 12.1 Å². The van der Waals surface area contributed by atoms with Crippen molar-refractivity contribution in [3.63, 3.8) is 0 Å². The highest BCUT2D eigenvalue weighted by atomic mass is 19.4. The molecule has 0 amide bonds. The number of rotatable bonds is 3. The Bertz CT molecular complexity index is 712. The number of alkyl halides is 3. The maximum absolute atomic E-state index is 12.5. The third-order valence-corrected chi connectivity index (χ3v) is 2.90. The molecular weight excluding hydrogens is 287 g/mol. The molecule has 0 radical (unpaired) electrons. The van der Waals surface area contributed by atoms with E-state index < -0.39 is 17.4 Å². The summed E-state index contributed by atoms with van der Waals surface area (Å²) in [4.78, 5) is 23.1. The molecule has 1 heterocycles. The van der Waals surface area contributed by atoms with Gasteiger partial charge in [-0.25, -0.2) is 4.79 Å². The van der Waals surface area contributed by atoms with Crippen molar-refractivity contribution in [3.8, 4) is 5.69 Å². The summed E-state index contributed by atoms with van der Waals surface area (Å²) >= 11 is 0. The van der Waals surface area contributed by atoms with Gasteiger partial charge in [0.25, 0.3) is 0 Å². The molecule has 0 saturated carbocycles. The lowest BCUT2D eigenvalue weighted by atomic mass is 10.2. The summed E-state index contributed by atoms with van der Waals surface area (Å²) in [6.45, 7) is 3.40. The van der Waals surface area contributed by atoms with Crippen molar-refractivity contribution >= 4 is 6.29 Å². The molecule has 112 valence electrons. The first-order valence-corrected chi connectivity index (χ1v) is 6.10. The van der Waals surface area contributed by atoms with E-state index in [0.29, 0.717) is 6.29 Å². The van der Waals surface area contributed by atoms with Crippen molar-refractivity contribution in [1.82, 2.24) is 14.3 Å². The number of aromatic nitrogens is 3. The van der Waals surface area contributed by atoms with E-state index in [4.69, 9.17) is 0 Å². The highest BCUT2D eigenvalue weighted by Crippen LogP contribution is 2.29. The molecule has 0 spiro atoms. The molecule has 1 aromatic heterocycles. The highest BCUT2D eigenvalue weighted by molar-refractivity contribution is 5.69. The molecule has 0 atom stereocenters. The highest BCUT2D eigenvalue weighted by Gasteiger charge is 2.30. The third kappa shape index (κ3) is 2.74. The molecule has 0 aliphatic rings. The van der Waals surface area contributed by atoms with Crippen LogP contribution in [0.4, 0.5) is 13.2 Å². The van der Waals surface area contributed by atoms with Gasteiger partial charge >= 0.3 is 11.9 Å². The van der Waals surface area contributed by atoms with Crippen LogP contribution in [0.5, 0.6) is 0 Å². The van der Waals surface area contributed by atoms with Crippen LogP contribution in [0.2, 0.25) is 0 Å². The lowest BCUT2D eigenvalue weighted by molar-refractivity contribution is -0.137. The fraction of sp³-hybridized carbons (Fsp3) is 0.308. The molecule has 0 saturated heterocycles. The average Bonchev–Trinajstić information content (AvgIpc) is 2.75. The van der Waals surface area contributed by atoms with E-state index in [9.17, 15) is 22.8 Å². The molecule has 0 fully saturated rings. The molecule has 0 unspecified atom stereocenters. The molecule has 0 aliphatic heterocycles. The zero-order chi connectivity index (χ0) is 15.8. The fourth-order valence-electron chi connectivity index (χ4n) is 1.92. The Morgan fingerprint density at radius 1 is 1.19 bits per heavy atom. The van der Waals surface area contributed by atoms with Gasteiger partial charge in [0.1, 0.15) is 0 Å². The summed E-state index contributed by atoms with van der Waals surface area (Å²) in [5, 5.41) is 3.83. The smallest absolute Gasteiger partial charge is 0.294 e. The van der Waals surface area contributed by atoms with Crippen LogP contribution < -0.4 is 5.69 Å². The quantitative estimate of drug-likeness (QED) is 0.818. The predicted octanol–water partition coefficient (Wildman–Crippen LogP) is 2.45. The van der Waals surface area contributed by atoms with E-state index in [1.165, 1.54) is 4.57 Å². The largest absolute Gasteiger partial charge is 0.416 e. The van der Waals surface area contributed by atoms with Gasteiger partial charge in [-0.2, -0.15) is 17.9 Å². The number of nitrogens with zero attached hydrogens (tertiary/aromatic N) is 3. The van der Waals surface area contributed by atoms with Crippen LogP contribution in [-0.4, -0.2) is 20.6 Å². The number of halogens is 3. The normalized spacial score (nSPS) is 11.9. The molecular formula is C13H12F3N3O2. The van der Waals surface area contributed by atoms with Crippen LogP contribution >= 0.6 is 0 Å². The number of hydrogen-bond acceptors (Lipinski definition) is 3. The Labute approximate surface area is 117 Å². The predicted molar refractivity (Wildman–Crippen MR) is 68.6 cm³/mol. The van der Waals surface area contributed by atoms with Gasteiger partial charge in [-0.15, -0.1) is 5.10 Å². The van der Waals surface area contributed by atoms with Crippen LogP contribution in [0.15, 0.2) is 29.1 Å². The second-order valence-corrected chi connectivity index (χ2v) is 4.68. The summed E-state index contributed by atoms with van der Waals surface area (Å²) in [5.74, 6) is -0.0742. The topological polar surface area (TPSA) is 56.9 Å². The number of hydrogen-bond donors (Lipinski definition) is 0. The molecule has 0 bridgehead atoms. The Balaban J connectivity index is 2.53. The lowest BCUT2D eigenvalue weighted by Gasteiger charge is -2.07. The van der Waals surface area contributed by atoms with Crippen LogP contribution in [-0.2, 0) is 6.18 Å². The molecule has 21 heavy (non-hydrogen) atoms. The number of carbonyl (C=O) groups excluding carboxylic acids is 1. The van der Waals surface area contributed by atoms with E-state index in [1.807, 2.05) is 0 Å². The minimum absolute atomic E-state index is 0.0742. The second-order valence-electron chi connectivity index (χ2n) is 4.68. The molecule has 5 nitrogen and oxygen atoms in total. The van der Waals surface area contributed by atoms with Crippen molar-refractivity contribution in [1.29, 1.82) is 0 Å². The van der Waals surface area contributed by atoms with Crippen LogP contribution in [0.1, 0.15) is 36.1 Å². The van der Waals surface area contributed by atoms with Gasteiger partial charge in [-0.05, 0) is 38.1 Å². The Hall–Kier alpha value is -2.38. The standard InChI is InChI=1S/C13H12F3N3O2/c1-8(2)18-11(7-20)17-19(12(18)21)10-5-3-9(4-6-10)13(14,15)16/h3-8H,1-2H3. The summed E-state index contributed by atoms with van der Waals surface area (Å²) in [5.41, 5.74) is -1.24. The monoisotopic (exact) mass is 299 g/mol. The first-order valence-electron chi connectivity index (χ1n) is 6.10. The maximum atomic E-state index is 12.5. The van der Waals surface area contributed by atoms with E-state index in [1.54, 1.807) is 13.8 Å². The molecule has 2 rings (SSSR count). The zero-order valence-electron chi connectivity index (χ0n) is 11.3. The Kier molecular flexibility index (Phi) is 3.71. The van der Waals surface area contributed by atoms with Gasteiger partial charge in [-0.3, -0.25) is 9.36 Å². The SMILES string of the molecule is CC(C)n1c(C=O)nn(-c2ccc(C(F)(F)F)cc2)c1=O. The van der Waals surface area contributed by atoms with Crippen LogP contribution in [0.3, 0.4) is 0 Å². The van der Waals surface area contributed by atoms with E-state index in [-0.39, 0.29) is 17.6 Å². The van der Waals surface area contributed by atoms with Crippen molar-refractivity contribution in [3.05, 3.63) is 46.1 Å². The minimum Gasteiger partial charge on any atom is -0.294 e. The van der Waals surface area contributed by atoms with Crippen molar-refractivity contribution < 1.29 is 18.0 Å². The van der Waals surface area contributed by atoms with Crippen LogP contribution in [0.25, 0.3) is 5.69 Å². The van der Waals surface area contributed by atoms with Crippen LogP contribution in [0, 0.1) is 0 Å². The van der Waals surface area contributed by atoms with Crippen molar-refractivity contribution in [2.24, 2.45) is 0 Å². The Morgan fingerprint density at radius 2 is 1.76 bits per heavy atom. The summed E-state index contributed by atoms with van der Waals surface area (Å²) < 4.78 is 39.6. The number of benzene rings is 1. The van der Waals surface area contributed by atoms with Gasteiger partial charge in [-0.1, -0.05) is 0 Å². The summed E-state index contributed by atoms with van der Waals surface area (Å²) in [6, 6.07) is 3.70. The summed E-state index contributed by atoms with van der Waals surface area (Å²) in [7, 11) is 0. The molecule has 0 N–H and O–H groups in total. The molecule has 1 aromatic carbocycles. The van der Waals surface area contributed by atoms with Gasteiger partial charge < -0.3 is 0 Å².